The molecule has 0 aliphatic carbocycles. The summed E-state index contributed by atoms with van der Waals surface area (Å²) in [6.45, 7) is 0.973. The summed E-state index contributed by atoms with van der Waals surface area (Å²) in [5, 5.41) is 15.9. The average molecular weight is 248 g/mol. The van der Waals surface area contributed by atoms with Gasteiger partial charge < -0.3 is 14.6 Å². The van der Waals surface area contributed by atoms with E-state index in [9.17, 15) is 0 Å². The monoisotopic (exact) mass is 248 g/mol. The molecule has 0 amide bonds. The fraction of sp³-hybridized carbons (Fsp3) is 0.308. The van der Waals surface area contributed by atoms with Gasteiger partial charge >= 0.3 is 0 Å². The number of nitrogens with one attached hydrogen (secondary N) is 1. The lowest BCUT2D eigenvalue weighted by molar-refractivity contribution is 0.146. The zero-order valence-electron chi connectivity index (χ0n) is 10.2. The molecule has 0 spiro atoms. The number of methoxy groups -OCH3 is 1. The smallest absolute Gasteiger partial charge is 0.128 e. The molecule has 0 radical (unpaired) electrons. The van der Waals surface area contributed by atoms with Gasteiger partial charge in [0.1, 0.15) is 12.4 Å². The minimum absolute atomic E-state index is 0.0559. The molecule has 5 nitrogen and oxygen atoms in total. The van der Waals surface area contributed by atoms with Crippen molar-refractivity contribution < 1.29 is 14.6 Å². The quantitative estimate of drug-likeness (QED) is 0.762. The Balaban J connectivity index is 2.20. The number of aliphatic hydroxyl groups excluding tert-OH is 1. The Kier molecular flexibility index (Phi) is 4.33. The molecule has 2 rings (SSSR count). The van der Waals surface area contributed by atoms with Crippen LogP contribution in [-0.2, 0) is 11.3 Å². The number of rotatable bonds is 6. The molecule has 0 saturated carbocycles. The molecule has 0 unspecified atom stereocenters. The molecule has 96 valence electrons. The Labute approximate surface area is 105 Å². The van der Waals surface area contributed by atoms with Crippen molar-refractivity contribution in [2.24, 2.45) is 0 Å². The molecule has 0 atom stereocenters. The number of ether oxygens (including phenoxy) is 2. The van der Waals surface area contributed by atoms with Crippen molar-refractivity contribution in [3.63, 3.8) is 0 Å². The second-order valence-corrected chi connectivity index (χ2v) is 3.77. The predicted molar refractivity (Wildman–Crippen MR) is 67.3 cm³/mol. The van der Waals surface area contributed by atoms with Crippen molar-refractivity contribution in [3.05, 3.63) is 36.0 Å². The number of hydrogen-bond acceptors (Lipinski definition) is 4. The highest BCUT2D eigenvalue weighted by Crippen LogP contribution is 2.28. The molecule has 1 aromatic carbocycles. The van der Waals surface area contributed by atoms with Crippen LogP contribution in [0.2, 0.25) is 0 Å². The van der Waals surface area contributed by atoms with Crippen LogP contribution in [0.4, 0.5) is 0 Å². The second-order valence-electron chi connectivity index (χ2n) is 3.77. The van der Waals surface area contributed by atoms with Gasteiger partial charge in [-0.05, 0) is 18.2 Å². The lowest BCUT2D eigenvalue weighted by Gasteiger charge is -2.09. The van der Waals surface area contributed by atoms with Crippen molar-refractivity contribution in [1.29, 1.82) is 0 Å². The van der Waals surface area contributed by atoms with Crippen LogP contribution >= 0.6 is 0 Å². The molecule has 0 saturated heterocycles. The summed E-state index contributed by atoms with van der Waals surface area (Å²) in [4.78, 5) is 0. The van der Waals surface area contributed by atoms with Gasteiger partial charge in [0.2, 0.25) is 0 Å². The Hall–Kier alpha value is -1.85. The van der Waals surface area contributed by atoms with Gasteiger partial charge in [-0.2, -0.15) is 5.10 Å². The van der Waals surface area contributed by atoms with E-state index in [-0.39, 0.29) is 6.61 Å². The summed E-state index contributed by atoms with van der Waals surface area (Å²) in [6, 6.07) is 9.45. The highest BCUT2D eigenvalue weighted by atomic mass is 16.5. The fourth-order valence-corrected chi connectivity index (χ4v) is 1.62. The van der Waals surface area contributed by atoms with E-state index in [0.717, 1.165) is 17.0 Å². The first-order chi connectivity index (χ1) is 8.85. The average Bonchev–Trinajstić information content (AvgIpc) is 2.88. The maximum atomic E-state index is 9.02. The molecule has 18 heavy (non-hydrogen) atoms. The predicted octanol–water partition coefficient (Wildman–Crippen LogP) is 1.59. The highest BCUT2D eigenvalue weighted by molar-refractivity contribution is 5.67. The zero-order chi connectivity index (χ0) is 12.8. The van der Waals surface area contributed by atoms with Crippen molar-refractivity contribution in [2.45, 2.75) is 6.61 Å². The van der Waals surface area contributed by atoms with Crippen molar-refractivity contribution in [3.8, 4) is 17.0 Å². The normalized spacial score (nSPS) is 10.6. The molecule has 0 aliphatic heterocycles. The van der Waals surface area contributed by atoms with Crippen molar-refractivity contribution in [1.82, 2.24) is 10.2 Å². The minimum atomic E-state index is -0.0559. The SMILES string of the molecule is COCCOc1ccccc1-c1cc(CO)[nH]n1. The van der Waals surface area contributed by atoms with Crippen LogP contribution in [-0.4, -0.2) is 35.6 Å². The van der Waals surface area contributed by atoms with Gasteiger partial charge in [-0.1, -0.05) is 12.1 Å². The van der Waals surface area contributed by atoms with Gasteiger partial charge in [-0.3, -0.25) is 5.10 Å². The number of aromatic nitrogens is 2. The van der Waals surface area contributed by atoms with E-state index in [0.29, 0.717) is 18.9 Å². The fourth-order valence-electron chi connectivity index (χ4n) is 1.62. The minimum Gasteiger partial charge on any atom is -0.490 e. The molecular weight excluding hydrogens is 232 g/mol. The molecule has 0 bridgehead atoms. The zero-order valence-corrected chi connectivity index (χ0v) is 10.2. The third-order valence-corrected chi connectivity index (χ3v) is 2.51. The van der Waals surface area contributed by atoms with Crippen LogP contribution in [0.25, 0.3) is 11.3 Å². The lowest BCUT2D eigenvalue weighted by atomic mass is 10.1. The van der Waals surface area contributed by atoms with E-state index in [2.05, 4.69) is 10.2 Å². The number of para-hydroxylation sites is 1. The van der Waals surface area contributed by atoms with E-state index in [1.807, 2.05) is 24.3 Å². The summed E-state index contributed by atoms with van der Waals surface area (Å²) in [5.41, 5.74) is 2.33. The van der Waals surface area contributed by atoms with E-state index in [1.165, 1.54) is 0 Å². The summed E-state index contributed by atoms with van der Waals surface area (Å²) >= 11 is 0. The molecule has 1 aromatic heterocycles. The van der Waals surface area contributed by atoms with Gasteiger partial charge in [0, 0.05) is 12.7 Å². The first-order valence-corrected chi connectivity index (χ1v) is 5.71. The van der Waals surface area contributed by atoms with Gasteiger partial charge in [0.05, 0.1) is 24.6 Å². The van der Waals surface area contributed by atoms with Gasteiger partial charge in [-0.15, -0.1) is 0 Å². The third-order valence-electron chi connectivity index (χ3n) is 2.51. The van der Waals surface area contributed by atoms with Crippen LogP contribution < -0.4 is 4.74 Å². The highest BCUT2D eigenvalue weighted by Gasteiger charge is 2.09. The number of aliphatic hydroxyl groups is 1. The van der Waals surface area contributed by atoms with Crippen molar-refractivity contribution in [2.75, 3.05) is 20.3 Å². The van der Waals surface area contributed by atoms with E-state index in [1.54, 1.807) is 13.2 Å². The molecule has 0 aliphatic rings. The first kappa shape index (κ1) is 12.6. The molecule has 5 heteroatoms. The Morgan fingerprint density at radius 1 is 1.28 bits per heavy atom. The van der Waals surface area contributed by atoms with E-state index < -0.39 is 0 Å². The standard InChI is InChI=1S/C13H16N2O3/c1-17-6-7-18-13-5-3-2-4-11(13)12-8-10(9-16)14-15-12/h2-5,8,16H,6-7,9H2,1H3,(H,14,15). The number of H-pyrrole nitrogens is 1. The molecule has 1 heterocycles. The molecular formula is C13H16N2O3. The summed E-state index contributed by atoms with van der Waals surface area (Å²) in [5.74, 6) is 0.755. The Morgan fingerprint density at radius 2 is 2.11 bits per heavy atom. The van der Waals surface area contributed by atoms with Gasteiger partial charge in [0.15, 0.2) is 0 Å². The van der Waals surface area contributed by atoms with Crippen LogP contribution in [0.5, 0.6) is 5.75 Å². The van der Waals surface area contributed by atoms with Gasteiger partial charge in [-0.25, -0.2) is 0 Å². The first-order valence-electron chi connectivity index (χ1n) is 5.71. The van der Waals surface area contributed by atoms with Crippen LogP contribution in [0.15, 0.2) is 30.3 Å². The topological polar surface area (TPSA) is 67.4 Å². The number of aromatic amines is 1. The van der Waals surface area contributed by atoms with Crippen LogP contribution in [0.3, 0.4) is 0 Å². The maximum Gasteiger partial charge on any atom is 0.128 e. The second kappa shape index (κ2) is 6.18. The lowest BCUT2D eigenvalue weighted by Crippen LogP contribution is -2.05. The third kappa shape index (κ3) is 2.88. The molecule has 2 N–H and O–H groups in total. The Morgan fingerprint density at radius 3 is 2.83 bits per heavy atom. The van der Waals surface area contributed by atoms with Crippen molar-refractivity contribution >= 4 is 0 Å². The summed E-state index contributed by atoms with van der Waals surface area (Å²) in [6.07, 6.45) is 0. The summed E-state index contributed by atoms with van der Waals surface area (Å²) in [7, 11) is 1.64. The summed E-state index contributed by atoms with van der Waals surface area (Å²) < 4.78 is 10.6. The molecule has 2 aromatic rings. The van der Waals surface area contributed by atoms with Crippen LogP contribution in [0.1, 0.15) is 5.69 Å². The van der Waals surface area contributed by atoms with Crippen LogP contribution in [0, 0.1) is 0 Å². The number of hydrogen-bond donors (Lipinski definition) is 2. The molecule has 0 fully saturated rings. The number of nitrogens with zero attached hydrogens (tertiary/aromatic N) is 1. The van der Waals surface area contributed by atoms with E-state index >= 15 is 0 Å². The van der Waals surface area contributed by atoms with E-state index in [4.69, 9.17) is 14.6 Å². The largest absolute Gasteiger partial charge is 0.490 e. The van der Waals surface area contributed by atoms with Gasteiger partial charge in [0.25, 0.3) is 0 Å². The maximum absolute atomic E-state index is 9.02. The number of benzene rings is 1. The Bertz CT molecular complexity index is 496.